The number of benzene rings is 1. The van der Waals surface area contributed by atoms with Crippen molar-refractivity contribution in [3.8, 4) is 0 Å². The minimum Gasteiger partial charge on any atom is -0.468 e. The van der Waals surface area contributed by atoms with Crippen molar-refractivity contribution in [2.45, 2.75) is 11.4 Å². The minimum atomic E-state index is -3.80. The fraction of sp³-hybridized carbons (Fsp3) is 0.167. The molecular formula is C12H12N2O5S. The van der Waals surface area contributed by atoms with E-state index in [0.717, 1.165) is 10.4 Å². The standard InChI is InChI=1S/C12H12N2O5S/c1-13(9-11-5-3-7-19-11)20(17,18)12-6-2-4-10(8-12)14(15)16/h2-8H,9H2,1H3. The largest absolute Gasteiger partial charge is 0.468 e. The van der Waals surface area contributed by atoms with Crippen molar-refractivity contribution in [1.82, 2.24) is 4.31 Å². The number of sulfonamides is 1. The molecule has 7 nitrogen and oxygen atoms in total. The normalized spacial score (nSPS) is 11.7. The first kappa shape index (κ1) is 14.2. The Kier molecular flexibility index (Phi) is 3.86. The Hall–Kier alpha value is -2.19. The van der Waals surface area contributed by atoms with Crippen molar-refractivity contribution in [1.29, 1.82) is 0 Å². The summed E-state index contributed by atoms with van der Waals surface area (Å²) in [6, 6.07) is 8.24. The van der Waals surface area contributed by atoms with Gasteiger partial charge >= 0.3 is 0 Å². The number of hydrogen-bond acceptors (Lipinski definition) is 5. The molecule has 0 bridgehead atoms. The molecule has 0 radical (unpaired) electrons. The van der Waals surface area contributed by atoms with Gasteiger partial charge in [0, 0.05) is 19.2 Å². The second-order valence-corrected chi connectivity index (χ2v) is 6.14. The molecule has 0 unspecified atom stereocenters. The van der Waals surface area contributed by atoms with Crippen LogP contribution in [0.5, 0.6) is 0 Å². The van der Waals surface area contributed by atoms with Crippen molar-refractivity contribution in [2.75, 3.05) is 7.05 Å². The van der Waals surface area contributed by atoms with E-state index in [0.29, 0.717) is 5.76 Å². The first-order chi connectivity index (χ1) is 9.41. The summed E-state index contributed by atoms with van der Waals surface area (Å²) in [5.74, 6) is 0.488. The summed E-state index contributed by atoms with van der Waals surface area (Å²) in [6.45, 7) is 0.0536. The molecule has 8 heteroatoms. The predicted octanol–water partition coefficient (Wildman–Crippen LogP) is 2.01. The highest BCUT2D eigenvalue weighted by Crippen LogP contribution is 2.21. The van der Waals surface area contributed by atoms with Crippen LogP contribution in [0.25, 0.3) is 0 Å². The molecule has 2 rings (SSSR count). The lowest BCUT2D eigenvalue weighted by atomic mass is 10.3. The van der Waals surface area contributed by atoms with Crippen molar-refractivity contribution < 1.29 is 17.8 Å². The number of nitro groups is 1. The van der Waals surface area contributed by atoms with E-state index in [1.165, 1.54) is 31.5 Å². The van der Waals surface area contributed by atoms with Crippen molar-refractivity contribution >= 4 is 15.7 Å². The Balaban J connectivity index is 2.29. The Morgan fingerprint density at radius 2 is 2.05 bits per heavy atom. The molecule has 0 atom stereocenters. The van der Waals surface area contributed by atoms with E-state index in [4.69, 9.17) is 4.42 Å². The second-order valence-electron chi connectivity index (χ2n) is 4.09. The molecule has 0 amide bonds. The zero-order valence-corrected chi connectivity index (χ0v) is 11.4. The van der Waals surface area contributed by atoms with Gasteiger partial charge in [-0.2, -0.15) is 4.31 Å². The summed E-state index contributed by atoms with van der Waals surface area (Å²) in [4.78, 5) is 9.93. The fourth-order valence-electron chi connectivity index (χ4n) is 1.64. The van der Waals surface area contributed by atoms with Gasteiger partial charge in [0.15, 0.2) is 0 Å². The van der Waals surface area contributed by atoms with Gasteiger partial charge in [-0.05, 0) is 18.2 Å². The molecule has 0 aliphatic rings. The van der Waals surface area contributed by atoms with Gasteiger partial charge in [-0.25, -0.2) is 8.42 Å². The molecule has 0 fully saturated rings. The second kappa shape index (κ2) is 5.43. The van der Waals surface area contributed by atoms with Crippen LogP contribution in [0.3, 0.4) is 0 Å². The predicted molar refractivity (Wildman–Crippen MR) is 70.5 cm³/mol. The van der Waals surface area contributed by atoms with Crippen LogP contribution >= 0.6 is 0 Å². The number of hydrogen-bond donors (Lipinski definition) is 0. The van der Waals surface area contributed by atoms with Crippen molar-refractivity contribution in [3.63, 3.8) is 0 Å². The van der Waals surface area contributed by atoms with E-state index in [2.05, 4.69) is 0 Å². The third kappa shape index (κ3) is 2.86. The van der Waals surface area contributed by atoms with E-state index in [1.807, 2.05) is 0 Å². The fourth-order valence-corrected chi connectivity index (χ4v) is 2.82. The molecule has 2 aromatic rings. The maximum atomic E-state index is 12.3. The van der Waals surface area contributed by atoms with E-state index < -0.39 is 14.9 Å². The van der Waals surface area contributed by atoms with Crippen LogP contribution in [0.1, 0.15) is 5.76 Å². The SMILES string of the molecule is CN(Cc1ccco1)S(=O)(=O)c1cccc([N+](=O)[O-])c1. The first-order valence-electron chi connectivity index (χ1n) is 5.64. The van der Waals surface area contributed by atoms with Gasteiger partial charge in [0.05, 0.1) is 22.6 Å². The molecule has 1 aromatic carbocycles. The Labute approximate surface area is 115 Å². The van der Waals surface area contributed by atoms with Gasteiger partial charge < -0.3 is 4.42 Å². The zero-order valence-electron chi connectivity index (χ0n) is 10.6. The Bertz CT molecular complexity index is 709. The number of non-ortho nitro benzene ring substituents is 1. The van der Waals surface area contributed by atoms with Gasteiger partial charge in [-0.3, -0.25) is 10.1 Å². The highest BCUT2D eigenvalue weighted by atomic mass is 32.2. The average molecular weight is 296 g/mol. The first-order valence-corrected chi connectivity index (χ1v) is 7.08. The van der Waals surface area contributed by atoms with Gasteiger partial charge in [0.1, 0.15) is 5.76 Å². The lowest BCUT2D eigenvalue weighted by Crippen LogP contribution is -2.26. The topological polar surface area (TPSA) is 93.7 Å². The molecule has 0 aliphatic carbocycles. The molecule has 0 saturated heterocycles. The van der Waals surface area contributed by atoms with Gasteiger partial charge in [-0.1, -0.05) is 6.07 Å². The molecule has 106 valence electrons. The lowest BCUT2D eigenvalue weighted by Gasteiger charge is -2.15. The molecule has 1 heterocycles. The van der Waals surface area contributed by atoms with Crippen LogP contribution in [-0.4, -0.2) is 24.7 Å². The summed E-state index contributed by atoms with van der Waals surface area (Å²) < 4.78 is 30.7. The Morgan fingerprint density at radius 3 is 2.65 bits per heavy atom. The van der Waals surface area contributed by atoms with Gasteiger partial charge in [0.2, 0.25) is 10.0 Å². The zero-order chi connectivity index (χ0) is 14.8. The molecule has 20 heavy (non-hydrogen) atoms. The molecular weight excluding hydrogens is 284 g/mol. The number of rotatable bonds is 5. The highest BCUT2D eigenvalue weighted by molar-refractivity contribution is 7.89. The summed E-state index contributed by atoms with van der Waals surface area (Å²) in [7, 11) is -2.42. The van der Waals surface area contributed by atoms with Crippen LogP contribution in [0.15, 0.2) is 52.0 Å². The highest BCUT2D eigenvalue weighted by Gasteiger charge is 2.23. The lowest BCUT2D eigenvalue weighted by molar-refractivity contribution is -0.385. The minimum absolute atomic E-state index is 0.0536. The van der Waals surface area contributed by atoms with Crippen LogP contribution in [-0.2, 0) is 16.6 Å². The third-order valence-corrected chi connectivity index (χ3v) is 4.49. The Morgan fingerprint density at radius 1 is 1.30 bits per heavy atom. The monoisotopic (exact) mass is 296 g/mol. The van der Waals surface area contributed by atoms with E-state index in [-0.39, 0.29) is 17.1 Å². The van der Waals surface area contributed by atoms with Gasteiger partial charge in [0.25, 0.3) is 5.69 Å². The molecule has 0 spiro atoms. The summed E-state index contributed by atoms with van der Waals surface area (Å²) >= 11 is 0. The number of nitrogens with zero attached hydrogens (tertiary/aromatic N) is 2. The number of nitro benzene ring substituents is 1. The summed E-state index contributed by atoms with van der Waals surface area (Å²) in [5, 5.41) is 10.7. The van der Waals surface area contributed by atoms with Crippen molar-refractivity contribution in [3.05, 3.63) is 58.5 Å². The third-order valence-electron chi connectivity index (χ3n) is 2.70. The molecule has 0 N–H and O–H groups in total. The maximum Gasteiger partial charge on any atom is 0.270 e. The smallest absolute Gasteiger partial charge is 0.270 e. The van der Waals surface area contributed by atoms with Crippen LogP contribution < -0.4 is 0 Å². The summed E-state index contributed by atoms with van der Waals surface area (Å²) in [6.07, 6.45) is 1.45. The maximum absolute atomic E-state index is 12.3. The molecule has 0 saturated carbocycles. The molecule has 1 aromatic heterocycles. The van der Waals surface area contributed by atoms with Crippen LogP contribution in [0.4, 0.5) is 5.69 Å². The quantitative estimate of drug-likeness (QED) is 0.621. The number of furan rings is 1. The van der Waals surface area contributed by atoms with E-state index in [1.54, 1.807) is 12.1 Å². The van der Waals surface area contributed by atoms with Gasteiger partial charge in [-0.15, -0.1) is 0 Å². The summed E-state index contributed by atoms with van der Waals surface area (Å²) in [5.41, 5.74) is -0.266. The molecule has 0 aliphatic heterocycles. The van der Waals surface area contributed by atoms with Crippen LogP contribution in [0, 0.1) is 10.1 Å². The average Bonchev–Trinajstić information content (AvgIpc) is 2.91. The van der Waals surface area contributed by atoms with E-state index in [9.17, 15) is 18.5 Å². The van der Waals surface area contributed by atoms with Crippen LogP contribution in [0.2, 0.25) is 0 Å². The van der Waals surface area contributed by atoms with E-state index >= 15 is 0 Å². The van der Waals surface area contributed by atoms with Crippen molar-refractivity contribution in [2.24, 2.45) is 0 Å².